The summed E-state index contributed by atoms with van der Waals surface area (Å²) < 4.78 is 0. The molecule has 1 saturated heterocycles. The number of nitrogens with two attached hydrogens (primary N) is 1. The van der Waals surface area contributed by atoms with Gasteiger partial charge < -0.3 is 15.5 Å². The van der Waals surface area contributed by atoms with Gasteiger partial charge in [0.25, 0.3) is 0 Å². The second-order valence-electron chi connectivity index (χ2n) is 4.56. The molecule has 4 nitrogen and oxygen atoms in total. The van der Waals surface area contributed by atoms with Crippen molar-refractivity contribution in [3.63, 3.8) is 0 Å². The van der Waals surface area contributed by atoms with Gasteiger partial charge in [0.05, 0.1) is 6.04 Å². The molecule has 4 heteroatoms. The molecule has 15 heavy (non-hydrogen) atoms. The van der Waals surface area contributed by atoms with Crippen molar-refractivity contribution in [1.82, 2.24) is 9.80 Å². The third-order valence-electron chi connectivity index (χ3n) is 3.20. The Kier molecular flexibility index (Phi) is 4.54. The Hall–Kier alpha value is -0.610. The van der Waals surface area contributed by atoms with E-state index in [1.54, 1.807) is 0 Å². The lowest BCUT2D eigenvalue weighted by atomic mass is 10.0. The average Bonchev–Trinajstić information content (AvgIpc) is 2.27. The molecule has 1 rings (SSSR count). The van der Waals surface area contributed by atoms with Gasteiger partial charge in [-0.1, -0.05) is 6.92 Å². The summed E-state index contributed by atoms with van der Waals surface area (Å²) in [6.07, 6.45) is 2.99. The summed E-state index contributed by atoms with van der Waals surface area (Å²) in [4.78, 5) is 16.0. The van der Waals surface area contributed by atoms with Gasteiger partial charge in [-0.05, 0) is 33.4 Å². The van der Waals surface area contributed by atoms with Gasteiger partial charge >= 0.3 is 0 Å². The van der Waals surface area contributed by atoms with Crippen LogP contribution >= 0.6 is 0 Å². The number of piperidine rings is 1. The molecule has 1 heterocycles. The lowest BCUT2D eigenvalue weighted by molar-refractivity contribution is -0.134. The van der Waals surface area contributed by atoms with Crippen LogP contribution in [-0.4, -0.2) is 55.0 Å². The van der Waals surface area contributed by atoms with Gasteiger partial charge in [0.2, 0.25) is 5.91 Å². The van der Waals surface area contributed by atoms with Gasteiger partial charge in [0, 0.05) is 19.1 Å². The number of carbonyl (C=O) groups is 1. The number of nitrogens with zero attached hydrogens (tertiary/aromatic N) is 2. The van der Waals surface area contributed by atoms with Gasteiger partial charge in [-0.3, -0.25) is 4.79 Å². The Bertz CT molecular complexity index is 218. The van der Waals surface area contributed by atoms with Crippen molar-refractivity contribution in [2.45, 2.75) is 38.3 Å². The zero-order chi connectivity index (χ0) is 11.4. The van der Waals surface area contributed by atoms with Crippen LogP contribution < -0.4 is 5.73 Å². The molecule has 1 amide bonds. The molecular weight excluding hydrogens is 190 g/mol. The number of carbonyl (C=O) groups excluding carboxylic acids is 1. The molecule has 0 saturated carbocycles. The molecule has 0 aliphatic carbocycles. The molecule has 0 bridgehead atoms. The Morgan fingerprint density at radius 3 is 2.80 bits per heavy atom. The molecule has 0 spiro atoms. The Labute approximate surface area is 92.4 Å². The second kappa shape index (κ2) is 5.47. The van der Waals surface area contributed by atoms with Crippen molar-refractivity contribution >= 4 is 5.91 Å². The van der Waals surface area contributed by atoms with E-state index in [4.69, 9.17) is 5.73 Å². The first kappa shape index (κ1) is 12.5. The monoisotopic (exact) mass is 213 g/mol. The summed E-state index contributed by atoms with van der Waals surface area (Å²) in [5.41, 5.74) is 5.76. The Morgan fingerprint density at radius 2 is 2.27 bits per heavy atom. The van der Waals surface area contributed by atoms with Gasteiger partial charge in [-0.2, -0.15) is 0 Å². The van der Waals surface area contributed by atoms with Crippen LogP contribution in [0.1, 0.15) is 26.2 Å². The van der Waals surface area contributed by atoms with Crippen LogP contribution in [0.2, 0.25) is 0 Å². The highest BCUT2D eigenvalue weighted by Gasteiger charge is 2.26. The third kappa shape index (κ3) is 3.18. The molecule has 1 aliphatic rings. The van der Waals surface area contributed by atoms with Crippen LogP contribution in [0.15, 0.2) is 0 Å². The smallest absolute Gasteiger partial charge is 0.239 e. The first-order valence-corrected chi connectivity index (χ1v) is 5.77. The van der Waals surface area contributed by atoms with Gasteiger partial charge in [0.15, 0.2) is 0 Å². The zero-order valence-corrected chi connectivity index (χ0v) is 10.1. The van der Waals surface area contributed by atoms with Crippen LogP contribution in [0.5, 0.6) is 0 Å². The fourth-order valence-electron chi connectivity index (χ4n) is 1.99. The zero-order valence-electron chi connectivity index (χ0n) is 10.1. The molecule has 1 unspecified atom stereocenters. The SMILES string of the molecule is CC[C@@H](N)C(=O)N1CCCC(N(C)C)C1. The lowest BCUT2D eigenvalue weighted by Gasteiger charge is -2.37. The standard InChI is InChI=1S/C11H23N3O/c1-4-10(12)11(15)14-7-5-6-9(8-14)13(2)3/h9-10H,4-8,12H2,1-3H3/t9?,10-/m1/s1. The predicted molar refractivity (Wildman–Crippen MR) is 61.6 cm³/mol. The van der Waals surface area contributed by atoms with Crippen molar-refractivity contribution in [2.75, 3.05) is 27.2 Å². The summed E-state index contributed by atoms with van der Waals surface area (Å²) in [5.74, 6) is 0.115. The van der Waals surface area contributed by atoms with E-state index in [1.807, 2.05) is 11.8 Å². The molecule has 0 aromatic carbocycles. The maximum absolute atomic E-state index is 11.9. The van der Waals surface area contributed by atoms with E-state index >= 15 is 0 Å². The number of hydrogen-bond donors (Lipinski definition) is 1. The minimum absolute atomic E-state index is 0.115. The van der Waals surface area contributed by atoms with Crippen LogP contribution in [0.3, 0.4) is 0 Å². The van der Waals surface area contributed by atoms with Gasteiger partial charge in [-0.15, -0.1) is 0 Å². The number of hydrogen-bond acceptors (Lipinski definition) is 3. The van der Waals surface area contributed by atoms with E-state index in [0.717, 1.165) is 25.9 Å². The molecule has 0 radical (unpaired) electrons. The molecule has 0 aromatic rings. The predicted octanol–water partition coefficient (Wildman–Crippen LogP) is 0.276. The van der Waals surface area contributed by atoms with Crippen LogP contribution in [0, 0.1) is 0 Å². The summed E-state index contributed by atoms with van der Waals surface area (Å²) in [7, 11) is 4.14. The third-order valence-corrected chi connectivity index (χ3v) is 3.20. The Balaban J connectivity index is 2.52. The van der Waals surface area contributed by atoms with Crippen molar-refractivity contribution in [3.8, 4) is 0 Å². The fourth-order valence-corrected chi connectivity index (χ4v) is 1.99. The summed E-state index contributed by atoms with van der Waals surface area (Å²) in [6, 6.07) is 0.178. The van der Waals surface area contributed by atoms with Crippen LogP contribution in [0.25, 0.3) is 0 Å². The topological polar surface area (TPSA) is 49.6 Å². The summed E-state index contributed by atoms with van der Waals surface area (Å²) in [6.45, 7) is 3.66. The maximum atomic E-state index is 11.9. The Morgan fingerprint density at radius 1 is 1.60 bits per heavy atom. The quantitative estimate of drug-likeness (QED) is 0.732. The summed E-state index contributed by atoms with van der Waals surface area (Å²) >= 11 is 0. The average molecular weight is 213 g/mol. The largest absolute Gasteiger partial charge is 0.340 e. The molecular formula is C11H23N3O. The van der Waals surface area contributed by atoms with E-state index in [9.17, 15) is 4.79 Å². The highest BCUT2D eigenvalue weighted by atomic mass is 16.2. The molecule has 2 N–H and O–H groups in total. The molecule has 1 aliphatic heterocycles. The second-order valence-corrected chi connectivity index (χ2v) is 4.56. The lowest BCUT2D eigenvalue weighted by Crippen LogP contribution is -2.52. The maximum Gasteiger partial charge on any atom is 0.239 e. The van der Waals surface area contributed by atoms with E-state index in [0.29, 0.717) is 6.04 Å². The molecule has 2 atom stereocenters. The number of amides is 1. The van der Waals surface area contributed by atoms with Gasteiger partial charge in [-0.25, -0.2) is 0 Å². The number of rotatable bonds is 3. The van der Waals surface area contributed by atoms with E-state index in [2.05, 4.69) is 19.0 Å². The van der Waals surface area contributed by atoms with Crippen molar-refractivity contribution < 1.29 is 4.79 Å². The highest BCUT2D eigenvalue weighted by molar-refractivity contribution is 5.81. The normalized spacial score (nSPS) is 24.3. The molecule has 88 valence electrons. The van der Waals surface area contributed by atoms with Crippen molar-refractivity contribution in [1.29, 1.82) is 0 Å². The number of likely N-dealkylation sites (tertiary alicyclic amines) is 1. The minimum atomic E-state index is -0.314. The highest BCUT2D eigenvalue weighted by Crippen LogP contribution is 2.14. The van der Waals surface area contributed by atoms with Crippen molar-refractivity contribution in [2.24, 2.45) is 5.73 Å². The van der Waals surface area contributed by atoms with E-state index in [-0.39, 0.29) is 11.9 Å². The summed E-state index contributed by atoms with van der Waals surface area (Å²) in [5, 5.41) is 0. The van der Waals surface area contributed by atoms with Crippen LogP contribution in [0.4, 0.5) is 0 Å². The minimum Gasteiger partial charge on any atom is -0.340 e. The van der Waals surface area contributed by atoms with Crippen LogP contribution in [-0.2, 0) is 4.79 Å². The number of likely N-dealkylation sites (N-methyl/N-ethyl adjacent to an activating group) is 1. The van der Waals surface area contributed by atoms with Crippen molar-refractivity contribution in [3.05, 3.63) is 0 Å². The van der Waals surface area contributed by atoms with E-state index < -0.39 is 0 Å². The molecule has 1 fully saturated rings. The first-order valence-electron chi connectivity index (χ1n) is 5.77. The fraction of sp³-hybridized carbons (Fsp3) is 0.909. The van der Waals surface area contributed by atoms with E-state index in [1.165, 1.54) is 6.42 Å². The first-order chi connectivity index (χ1) is 7.06. The van der Waals surface area contributed by atoms with Gasteiger partial charge in [0.1, 0.15) is 0 Å². The molecule has 0 aromatic heterocycles.